The van der Waals surface area contributed by atoms with Gasteiger partial charge in [0.15, 0.2) is 0 Å². The first-order valence-corrected chi connectivity index (χ1v) is 6.86. The molecule has 0 amide bonds. The lowest BCUT2D eigenvalue weighted by Crippen LogP contribution is -2.14. The molecule has 1 aliphatic rings. The van der Waals surface area contributed by atoms with Crippen LogP contribution >= 0.6 is 15.9 Å². The van der Waals surface area contributed by atoms with Gasteiger partial charge < -0.3 is 4.74 Å². The van der Waals surface area contributed by atoms with Crippen LogP contribution in [0.2, 0.25) is 0 Å². The third kappa shape index (κ3) is 2.49. The first kappa shape index (κ1) is 12.1. The molecule has 2 heteroatoms. The summed E-state index contributed by atoms with van der Waals surface area (Å²) < 4.78 is 5.90. The van der Waals surface area contributed by atoms with Crippen LogP contribution in [0, 0.1) is 13.8 Å². The van der Waals surface area contributed by atoms with Gasteiger partial charge in [0, 0.05) is 0 Å². The molecule has 1 aliphatic heterocycles. The summed E-state index contributed by atoms with van der Waals surface area (Å²) in [6.45, 7) is 6.47. The number of aryl methyl sites for hydroxylation is 2. The Balaban J connectivity index is 2.14. The molecular formula is C14H19BrO. The lowest BCUT2D eigenvalue weighted by Gasteiger charge is -2.19. The number of alkyl halides is 1. The molecule has 1 nitrogen and oxygen atoms in total. The van der Waals surface area contributed by atoms with E-state index in [1.165, 1.54) is 23.1 Å². The van der Waals surface area contributed by atoms with Crippen LogP contribution in [-0.4, -0.2) is 12.2 Å². The first-order chi connectivity index (χ1) is 7.58. The summed E-state index contributed by atoms with van der Waals surface area (Å²) in [6, 6.07) is 6.66. The van der Waals surface area contributed by atoms with Crippen LogP contribution < -0.4 is 0 Å². The van der Waals surface area contributed by atoms with E-state index in [9.17, 15) is 0 Å². The highest BCUT2D eigenvalue weighted by molar-refractivity contribution is 9.09. The number of halogens is 1. The summed E-state index contributed by atoms with van der Waals surface area (Å²) in [6.07, 6.45) is 3.08. The number of hydrogen-bond donors (Lipinski definition) is 0. The Hall–Kier alpha value is -0.340. The van der Waals surface area contributed by atoms with E-state index < -0.39 is 0 Å². The van der Waals surface area contributed by atoms with Gasteiger partial charge in [-0.3, -0.25) is 0 Å². The molecule has 0 N–H and O–H groups in total. The average Bonchev–Trinajstić information content (AvgIpc) is 2.68. The van der Waals surface area contributed by atoms with E-state index in [1.807, 2.05) is 0 Å². The zero-order valence-electron chi connectivity index (χ0n) is 10.2. The van der Waals surface area contributed by atoms with E-state index in [-0.39, 0.29) is 0 Å². The smallest absolute Gasteiger partial charge is 0.0745 e. The summed E-state index contributed by atoms with van der Waals surface area (Å²) in [5.74, 6) is 0. The minimum atomic E-state index is 0.330. The average molecular weight is 283 g/mol. The van der Waals surface area contributed by atoms with Crippen LogP contribution in [0.5, 0.6) is 0 Å². The molecule has 3 unspecified atom stereocenters. The molecule has 0 spiro atoms. The molecule has 1 saturated heterocycles. The van der Waals surface area contributed by atoms with Crippen LogP contribution in [0.15, 0.2) is 18.2 Å². The van der Waals surface area contributed by atoms with Gasteiger partial charge in [0.25, 0.3) is 0 Å². The molecule has 16 heavy (non-hydrogen) atoms. The van der Waals surface area contributed by atoms with Crippen molar-refractivity contribution in [3.63, 3.8) is 0 Å². The molecule has 1 fully saturated rings. The Morgan fingerprint density at radius 1 is 1.25 bits per heavy atom. The van der Waals surface area contributed by atoms with Crippen LogP contribution in [0.3, 0.4) is 0 Å². The Bertz CT molecular complexity index is 375. The van der Waals surface area contributed by atoms with E-state index in [4.69, 9.17) is 4.74 Å². The summed E-state index contributed by atoms with van der Waals surface area (Å²) in [5, 5.41) is 0. The van der Waals surface area contributed by atoms with Crippen molar-refractivity contribution in [1.82, 2.24) is 0 Å². The van der Waals surface area contributed by atoms with Crippen molar-refractivity contribution in [3.8, 4) is 0 Å². The molecule has 2 rings (SSSR count). The third-order valence-corrected chi connectivity index (χ3v) is 4.56. The molecule has 0 radical (unpaired) electrons. The number of ether oxygens (including phenoxy) is 1. The quantitative estimate of drug-likeness (QED) is 0.735. The van der Waals surface area contributed by atoms with Crippen LogP contribution in [0.4, 0.5) is 0 Å². The normalized spacial score (nSPS) is 27.0. The molecular weight excluding hydrogens is 264 g/mol. The van der Waals surface area contributed by atoms with Gasteiger partial charge in [0.2, 0.25) is 0 Å². The highest BCUT2D eigenvalue weighted by Crippen LogP contribution is 2.36. The predicted molar refractivity (Wildman–Crippen MR) is 71.2 cm³/mol. The van der Waals surface area contributed by atoms with Crippen molar-refractivity contribution < 1.29 is 4.74 Å². The molecule has 1 aromatic rings. The zero-order chi connectivity index (χ0) is 11.7. The molecule has 3 atom stereocenters. The summed E-state index contributed by atoms with van der Waals surface area (Å²) in [4.78, 5) is 0.330. The van der Waals surface area contributed by atoms with Crippen molar-refractivity contribution in [3.05, 3.63) is 34.9 Å². The molecule has 0 saturated carbocycles. The van der Waals surface area contributed by atoms with Gasteiger partial charge in [0.05, 0.1) is 17.0 Å². The standard InChI is InChI=1S/C14H19BrO/c1-9-4-6-12(8-10(9)2)14(15)13-7-5-11(3)16-13/h4,6,8,11,13-14H,5,7H2,1-3H3. The highest BCUT2D eigenvalue weighted by atomic mass is 79.9. The second-order valence-corrected chi connectivity index (χ2v) is 5.79. The fourth-order valence-electron chi connectivity index (χ4n) is 2.20. The van der Waals surface area contributed by atoms with Gasteiger partial charge in [0.1, 0.15) is 0 Å². The largest absolute Gasteiger partial charge is 0.374 e. The van der Waals surface area contributed by atoms with E-state index in [1.54, 1.807) is 0 Å². The van der Waals surface area contributed by atoms with Crippen molar-refractivity contribution >= 4 is 15.9 Å². The summed E-state index contributed by atoms with van der Waals surface area (Å²) in [5.41, 5.74) is 4.04. The second-order valence-electron chi connectivity index (χ2n) is 4.81. The SMILES string of the molecule is Cc1ccc(C(Br)C2CCC(C)O2)cc1C. The Morgan fingerprint density at radius 2 is 2.00 bits per heavy atom. The van der Waals surface area contributed by atoms with Crippen LogP contribution in [-0.2, 0) is 4.74 Å². The molecule has 0 aliphatic carbocycles. The third-order valence-electron chi connectivity index (χ3n) is 3.44. The van der Waals surface area contributed by atoms with E-state index in [0.717, 1.165) is 6.42 Å². The van der Waals surface area contributed by atoms with Gasteiger partial charge >= 0.3 is 0 Å². The molecule has 0 aromatic heterocycles. The summed E-state index contributed by atoms with van der Waals surface area (Å²) >= 11 is 3.77. The minimum absolute atomic E-state index is 0.330. The van der Waals surface area contributed by atoms with Gasteiger partial charge in [-0.25, -0.2) is 0 Å². The predicted octanol–water partition coefficient (Wildman–Crippen LogP) is 4.31. The van der Waals surface area contributed by atoms with Gasteiger partial charge in [-0.15, -0.1) is 0 Å². The Kier molecular flexibility index (Phi) is 3.70. The molecule has 0 bridgehead atoms. The lowest BCUT2D eigenvalue weighted by molar-refractivity contribution is 0.0557. The number of benzene rings is 1. The lowest BCUT2D eigenvalue weighted by atomic mass is 10.0. The fraction of sp³-hybridized carbons (Fsp3) is 0.571. The van der Waals surface area contributed by atoms with E-state index in [2.05, 4.69) is 54.9 Å². The molecule has 1 aromatic carbocycles. The fourth-order valence-corrected chi connectivity index (χ4v) is 2.87. The van der Waals surface area contributed by atoms with Crippen molar-refractivity contribution in [2.24, 2.45) is 0 Å². The van der Waals surface area contributed by atoms with Crippen LogP contribution in [0.1, 0.15) is 41.3 Å². The van der Waals surface area contributed by atoms with E-state index in [0.29, 0.717) is 17.0 Å². The zero-order valence-corrected chi connectivity index (χ0v) is 11.8. The first-order valence-electron chi connectivity index (χ1n) is 5.94. The van der Waals surface area contributed by atoms with Gasteiger partial charge in [-0.05, 0) is 50.3 Å². The Morgan fingerprint density at radius 3 is 2.56 bits per heavy atom. The number of rotatable bonds is 2. The molecule has 88 valence electrons. The monoisotopic (exact) mass is 282 g/mol. The molecule has 1 heterocycles. The Labute approximate surface area is 106 Å². The van der Waals surface area contributed by atoms with Gasteiger partial charge in [-0.2, -0.15) is 0 Å². The van der Waals surface area contributed by atoms with Crippen molar-refractivity contribution in [1.29, 1.82) is 0 Å². The van der Waals surface area contributed by atoms with Crippen molar-refractivity contribution in [2.45, 2.75) is 50.6 Å². The van der Waals surface area contributed by atoms with Crippen LogP contribution in [0.25, 0.3) is 0 Å². The number of hydrogen-bond acceptors (Lipinski definition) is 1. The topological polar surface area (TPSA) is 9.23 Å². The maximum Gasteiger partial charge on any atom is 0.0745 e. The second kappa shape index (κ2) is 4.89. The van der Waals surface area contributed by atoms with Gasteiger partial charge in [-0.1, -0.05) is 34.1 Å². The minimum Gasteiger partial charge on any atom is -0.374 e. The highest BCUT2D eigenvalue weighted by Gasteiger charge is 2.28. The van der Waals surface area contributed by atoms with E-state index >= 15 is 0 Å². The summed E-state index contributed by atoms with van der Waals surface area (Å²) in [7, 11) is 0. The van der Waals surface area contributed by atoms with Crippen molar-refractivity contribution in [2.75, 3.05) is 0 Å². The maximum absolute atomic E-state index is 5.90. The maximum atomic E-state index is 5.90.